The number of carboxylic acid groups (broad SMARTS) is 1. The van der Waals surface area contributed by atoms with Gasteiger partial charge in [0.15, 0.2) is 6.10 Å². The zero-order valence-electron chi connectivity index (χ0n) is 22.6. The van der Waals surface area contributed by atoms with Crippen LogP contribution in [0, 0.1) is 13.8 Å². The van der Waals surface area contributed by atoms with Gasteiger partial charge in [-0.25, -0.2) is 4.79 Å². The Labute approximate surface area is 233 Å². The molecule has 202 valence electrons. The third-order valence-electron chi connectivity index (χ3n) is 7.70. The van der Waals surface area contributed by atoms with E-state index in [0.717, 1.165) is 33.3 Å². The van der Waals surface area contributed by atoms with E-state index in [1.54, 1.807) is 12.1 Å². The van der Waals surface area contributed by atoms with Crippen molar-refractivity contribution in [1.29, 1.82) is 0 Å². The van der Waals surface area contributed by atoms with E-state index in [1.807, 2.05) is 31.2 Å². The average molecular weight is 545 g/mol. The number of halogens is 1. The Morgan fingerprint density at radius 2 is 1.85 bits per heavy atom. The molecule has 39 heavy (non-hydrogen) atoms. The number of amides is 1. The SMILES string of the molecule is Cc1c(C)n(Cc2ccc(O[C@@H](C)C(=O)O)c(Cl)c2)c2ccc(C(=O)N[C@@H](C)c3cccc(C4CC4)c3)cc12. The zero-order valence-corrected chi connectivity index (χ0v) is 23.4. The van der Waals surface area contributed by atoms with Crippen molar-refractivity contribution in [1.82, 2.24) is 9.88 Å². The minimum absolute atomic E-state index is 0.0884. The van der Waals surface area contributed by atoms with E-state index in [4.69, 9.17) is 21.4 Å². The molecule has 1 heterocycles. The lowest BCUT2D eigenvalue weighted by atomic mass is 10.0. The Bertz CT molecular complexity index is 1570. The first-order valence-corrected chi connectivity index (χ1v) is 13.7. The van der Waals surface area contributed by atoms with E-state index < -0.39 is 12.1 Å². The van der Waals surface area contributed by atoms with Crippen molar-refractivity contribution in [2.24, 2.45) is 0 Å². The van der Waals surface area contributed by atoms with E-state index in [-0.39, 0.29) is 11.9 Å². The van der Waals surface area contributed by atoms with Gasteiger partial charge in [-0.05, 0) is 99.0 Å². The van der Waals surface area contributed by atoms with Crippen molar-refractivity contribution in [2.75, 3.05) is 0 Å². The number of aliphatic carboxylic acids is 1. The molecule has 4 aromatic rings. The maximum atomic E-state index is 13.2. The van der Waals surface area contributed by atoms with Crippen LogP contribution in [-0.2, 0) is 11.3 Å². The van der Waals surface area contributed by atoms with Crippen LogP contribution in [0.4, 0.5) is 0 Å². The lowest BCUT2D eigenvalue weighted by Gasteiger charge is -2.16. The Kier molecular flexibility index (Phi) is 7.41. The lowest BCUT2D eigenvalue weighted by Crippen LogP contribution is -2.26. The van der Waals surface area contributed by atoms with Crippen LogP contribution in [0.25, 0.3) is 10.9 Å². The molecule has 0 spiro atoms. The molecule has 1 aromatic heterocycles. The molecule has 0 unspecified atom stereocenters. The number of benzene rings is 3. The number of carboxylic acids is 1. The molecule has 2 N–H and O–H groups in total. The smallest absolute Gasteiger partial charge is 0.344 e. The number of ether oxygens (including phenoxy) is 1. The topological polar surface area (TPSA) is 80.6 Å². The minimum atomic E-state index is -1.05. The number of aromatic nitrogens is 1. The third kappa shape index (κ3) is 5.66. The monoisotopic (exact) mass is 544 g/mol. The molecular weight excluding hydrogens is 512 g/mol. The fourth-order valence-electron chi connectivity index (χ4n) is 5.02. The minimum Gasteiger partial charge on any atom is -0.479 e. The normalized spacial score (nSPS) is 14.7. The molecule has 3 aromatic carbocycles. The summed E-state index contributed by atoms with van der Waals surface area (Å²) in [5.41, 5.74) is 7.32. The molecule has 5 rings (SSSR count). The predicted octanol–water partition coefficient (Wildman–Crippen LogP) is 7.18. The standard InChI is InChI=1S/C32H33ClN2O4/c1-18-20(3)35(17-22-8-13-30(28(33)14-22)39-21(4)32(37)38)29-12-11-26(16-27(18)29)31(36)34-19(2)24-6-5-7-25(15-24)23-9-10-23/h5-8,11-16,19,21,23H,9-10,17H2,1-4H3,(H,34,36)(H,37,38)/t19-,21-/m0/s1. The van der Waals surface area contributed by atoms with Crippen LogP contribution in [-0.4, -0.2) is 27.7 Å². The van der Waals surface area contributed by atoms with Crippen LogP contribution in [0.5, 0.6) is 5.75 Å². The van der Waals surface area contributed by atoms with Crippen molar-refractivity contribution in [3.63, 3.8) is 0 Å². The average Bonchev–Trinajstić information content (AvgIpc) is 3.74. The Hall–Kier alpha value is -3.77. The number of aryl methyl sites for hydroxylation is 1. The Morgan fingerprint density at radius 3 is 2.54 bits per heavy atom. The van der Waals surface area contributed by atoms with Crippen molar-refractivity contribution in [3.05, 3.63) is 99.2 Å². The predicted molar refractivity (Wildman–Crippen MR) is 154 cm³/mol. The summed E-state index contributed by atoms with van der Waals surface area (Å²) < 4.78 is 7.64. The van der Waals surface area contributed by atoms with Crippen molar-refractivity contribution in [2.45, 2.75) is 65.1 Å². The molecule has 0 radical (unpaired) electrons. The third-order valence-corrected chi connectivity index (χ3v) is 7.99. The van der Waals surface area contributed by atoms with E-state index in [0.29, 0.717) is 28.8 Å². The summed E-state index contributed by atoms with van der Waals surface area (Å²) in [4.78, 5) is 24.3. The van der Waals surface area contributed by atoms with Crippen LogP contribution in [0.3, 0.4) is 0 Å². The van der Waals surface area contributed by atoms with E-state index >= 15 is 0 Å². The number of hydrogen-bond donors (Lipinski definition) is 2. The number of nitrogens with one attached hydrogen (secondary N) is 1. The van der Waals surface area contributed by atoms with E-state index in [1.165, 1.54) is 25.3 Å². The highest BCUT2D eigenvalue weighted by Crippen LogP contribution is 2.40. The van der Waals surface area contributed by atoms with Crippen molar-refractivity contribution >= 4 is 34.4 Å². The highest BCUT2D eigenvalue weighted by atomic mass is 35.5. The molecular formula is C32H33ClN2O4. The summed E-state index contributed by atoms with van der Waals surface area (Å²) in [5, 5.41) is 13.7. The second kappa shape index (κ2) is 10.8. The maximum Gasteiger partial charge on any atom is 0.344 e. The first kappa shape index (κ1) is 26.8. The van der Waals surface area contributed by atoms with Gasteiger partial charge in [-0.1, -0.05) is 41.9 Å². The Morgan fingerprint density at radius 1 is 1.08 bits per heavy atom. The summed E-state index contributed by atoms with van der Waals surface area (Å²) >= 11 is 6.40. The summed E-state index contributed by atoms with van der Waals surface area (Å²) in [6.07, 6.45) is 1.51. The van der Waals surface area contributed by atoms with E-state index in [2.05, 4.69) is 48.0 Å². The molecule has 1 fully saturated rings. The van der Waals surface area contributed by atoms with Gasteiger partial charge < -0.3 is 19.7 Å². The van der Waals surface area contributed by atoms with Crippen molar-refractivity contribution < 1.29 is 19.4 Å². The molecule has 2 atom stereocenters. The number of carbonyl (C=O) groups excluding carboxylic acids is 1. The van der Waals surface area contributed by atoms with Gasteiger partial charge in [0.25, 0.3) is 5.91 Å². The van der Waals surface area contributed by atoms with Crippen LogP contribution >= 0.6 is 11.6 Å². The first-order chi connectivity index (χ1) is 18.6. The van der Waals surface area contributed by atoms with Gasteiger partial charge in [0.05, 0.1) is 11.1 Å². The molecule has 1 saturated carbocycles. The van der Waals surface area contributed by atoms with Gasteiger partial charge in [0, 0.05) is 28.7 Å². The molecule has 1 aliphatic rings. The molecule has 0 aliphatic heterocycles. The highest BCUT2D eigenvalue weighted by Gasteiger charge is 2.24. The molecule has 7 heteroatoms. The van der Waals surface area contributed by atoms with Gasteiger partial charge in [0.1, 0.15) is 5.75 Å². The second-order valence-corrected chi connectivity index (χ2v) is 10.9. The molecule has 0 bridgehead atoms. The number of fused-ring (bicyclic) bond motifs is 1. The molecule has 0 saturated heterocycles. The van der Waals surface area contributed by atoms with Gasteiger partial charge in [-0.3, -0.25) is 4.79 Å². The van der Waals surface area contributed by atoms with E-state index in [9.17, 15) is 9.59 Å². The fraction of sp³-hybridized carbons (Fsp3) is 0.312. The van der Waals surface area contributed by atoms with Gasteiger partial charge >= 0.3 is 5.97 Å². The fourth-order valence-corrected chi connectivity index (χ4v) is 5.27. The summed E-state index contributed by atoms with van der Waals surface area (Å²) in [7, 11) is 0. The maximum absolute atomic E-state index is 13.2. The quantitative estimate of drug-likeness (QED) is 0.234. The van der Waals surface area contributed by atoms with Crippen molar-refractivity contribution in [3.8, 4) is 5.75 Å². The van der Waals surface area contributed by atoms with Crippen LogP contribution in [0.15, 0.2) is 60.7 Å². The number of nitrogens with zero attached hydrogens (tertiary/aromatic N) is 1. The van der Waals surface area contributed by atoms with Crippen LogP contribution < -0.4 is 10.1 Å². The summed E-state index contributed by atoms with van der Waals surface area (Å²) in [6, 6.07) is 19.7. The molecule has 1 amide bonds. The highest BCUT2D eigenvalue weighted by molar-refractivity contribution is 6.32. The molecule has 6 nitrogen and oxygen atoms in total. The number of hydrogen-bond acceptors (Lipinski definition) is 3. The van der Waals surface area contributed by atoms with Crippen LogP contribution in [0.2, 0.25) is 5.02 Å². The summed E-state index contributed by atoms with van der Waals surface area (Å²) in [6.45, 7) is 8.20. The van der Waals surface area contributed by atoms with Crippen LogP contribution in [0.1, 0.15) is 77.0 Å². The summed E-state index contributed by atoms with van der Waals surface area (Å²) in [5.74, 6) is -0.132. The zero-order chi connectivity index (χ0) is 27.8. The molecule has 1 aliphatic carbocycles. The second-order valence-electron chi connectivity index (χ2n) is 10.5. The largest absolute Gasteiger partial charge is 0.479 e. The number of rotatable bonds is 9. The van der Waals surface area contributed by atoms with Gasteiger partial charge in [-0.15, -0.1) is 0 Å². The van der Waals surface area contributed by atoms with Gasteiger partial charge in [-0.2, -0.15) is 0 Å². The number of carbonyl (C=O) groups is 2. The Balaban J connectivity index is 1.35. The first-order valence-electron chi connectivity index (χ1n) is 13.3. The lowest BCUT2D eigenvalue weighted by molar-refractivity contribution is -0.144. The van der Waals surface area contributed by atoms with Gasteiger partial charge in [0.2, 0.25) is 0 Å².